The van der Waals surface area contributed by atoms with Gasteiger partial charge in [0.2, 0.25) is 5.91 Å². The van der Waals surface area contributed by atoms with Gasteiger partial charge in [0.05, 0.1) is 24.0 Å². The van der Waals surface area contributed by atoms with Gasteiger partial charge in [0, 0.05) is 23.2 Å². The van der Waals surface area contributed by atoms with E-state index in [4.69, 9.17) is 9.47 Å². The molecule has 3 N–H and O–H groups in total. The number of hydrogen-bond donors (Lipinski definition) is 3. The van der Waals surface area contributed by atoms with Gasteiger partial charge in [-0.15, -0.1) is 0 Å². The van der Waals surface area contributed by atoms with E-state index in [-0.39, 0.29) is 48.0 Å². The number of aliphatic hydroxyl groups is 1. The summed E-state index contributed by atoms with van der Waals surface area (Å²) in [6.07, 6.45) is 3.83. The minimum absolute atomic E-state index is 0.0319. The van der Waals surface area contributed by atoms with Crippen molar-refractivity contribution in [3.05, 3.63) is 54.1 Å². The van der Waals surface area contributed by atoms with Crippen molar-refractivity contribution in [1.82, 2.24) is 5.32 Å². The first-order valence-electron chi connectivity index (χ1n) is 11.9. The van der Waals surface area contributed by atoms with Crippen LogP contribution in [0.4, 0.5) is 5.69 Å². The summed E-state index contributed by atoms with van der Waals surface area (Å²) in [6.45, 7) is -0.219. The van der Waals surface area contributed by atoms with Gasteiger partial charge in [-0.2, -0.15) is 0 Å². The Morgan fingerprint density at radius 1 is 1.09 bits per heavy atom. The van der Waals surface area contributed by atoms with Crippen LogP contribution in [0.5, 0.6) is 5.75 Å². The summed E-state index contributed by atoms with van der Waals surface area (Å²) in [5, 5.41) is 13.0. The van der Waals surface area contributed by atoms with E-state index in [1.165, 1.54) is 0 Å². The van der Waals surface area contributed by atoms with Crippen molar-refractivity contribution >= 4 is 21.6 Å². The summed E-state index contributed by atoms with van der Waals surface area (Å²) in [5.74, 6) is 0.512. The molecule has 2 fully saturated rings. The van der Waals surface area contributed by atoms with Crippen molar-refractivity contribution in [2.45, 2.75) is 73.7 Å². The van der Waals surface area contributed by atoms with Gasteiger partial charge in [0.15, 0.2) is 0 Å². The van der Waals surface area contributed by atoms with E-state index in [1.807, 2.05) is 0 Å². The van der Waals surface area contributed by atoms with E-state index in [1.54, 1.807) is 48.5 Å². The third kappa shape index (κ3) is 4.78. The van der Waals surface area contributed by atoms with Crippen LogP contribution in [0.25, 0.3) is 0 Å². The molecule has 3 aliphatic rings. The standard InChI is InChI=1S/C25H30N2O6S/c28-15-23-25-21(13-18(32-23)14-24(29)26-16-6-4-5-7-16)20-12-17(10-11-22(20)33-25)27-34(30,31)19-8-2-1-3-9-19/h1-3,8-12,16,18,21,23,25,27-28H,4-7,13-15H2,(H,26,29)/t18-,21+,23+,25-/m1/s1. The predicted octanol–water partition coefficient (Wildman–Crippen LogP) is 2.93. The van der Waals surface area contributed by atoms with Crippen molar-refractivity contribution in [3.63, 3.8) is 0 Å². The molecule has 8 nitrogen and oxygen atoms in total. The Morgan fingerprint density at radius 2 is 1.85 bits per heavy atom. The van der Waals surface area contributed by atoms with Gasteiger partial charge in [-0.25, -0.2) is 8.42 Å². The molecule has 0 unspecified atom stereocenters. The number of anilines is 1. The van der Waals surface area contributed by atoms with Crippen LogP contribution in [0.2, 0.25) is 0 Å². The lowest BCUT2D eigenvalue weighted by atomic mass is 9.84. The molecular weight excluding hydrogens is 456 g/mol. The fourth-order valence-electron chi connectivity index (χ4n) is 5.33. The summed E-state index contributed by atoms with van der Waals surface area (Å²) in [6, 6.07) is 13.6. The van der Waals surface area contributed by atoms with E-state index in [0.29, 0.717) is 17.9 Å². The quantitative estimate of drug-likeness (QED) is 0.555. The average Bonchev–Trinajstić information content (AvgIpc) is 3.46. The summed E-state index contributed by atoms with van der Waals surface area (Å²) in [5.41, 5.74) is 1.30. The Hall–Kier alpha value is -2.62. The van der Waals surface area contributed by atoms with Crippen molar-refractivity contribution in [2.75, 3.05) is 11.3 Å². The predicted molar refractivity (Wildman–Crippen MR) is 126 cm³/mol. The van der Waals surface area contributed by atoms with Crippen LogP contribution in [0.3, 0.4) is 0 Å². The Labute approximate surface area is 199 Å². The number of ether oxygens (including phenoxy) is 2. The monoisotopic (exact) mass is 486 g/mol. The zero-order chi connectivity index (χ0) is 23.7. The highest BCUT2D eigenvalue weighted by Crippen LogP contribution is 2.47. The second-order valence-electron chi connectivity index (χ2n) is 9.33. The first kappa shape index (κ1) is 23.1. The average molecular weight is 487 g/mol. The summed E-state index contributed by atoms with van der Waals surface area (Å²) < 4.78 is 40.3. The second kappa shape index (κ2) is 9.56. The molecule has 2 aromatic carbocycles. The third-order valence-electron chi connectivity index (χ3n) is 6.94. The van der Waals surface area contributed by atoms with Crippen molar-refractivity contribution < 1.29 is 27.8 Å². The maximum absolute atomic E-state index is 12.8. The van der Waals surface area contributed by atoms with Crippen molar-refractivity contribution in [1.29, 1.82) is 0 Å². The number of carbonyl (C=O) groups is 1. The second-order valence-corrected chi connectivity index (χ2v) is 11.0. The molecule has 34 heavy (non-hydrogen) atoms. The topological polar surface area (TPSA) is 114 Å². The molecular formula is C25H30N2O6S. The Morgan fingerprint density at radius 3 is 2.59 bits per heavy atom. The minimum atomic E-state index is -3.72. The Balaban J connectivity index is 1.32. The van der Waals surface area contributed by atoms with Gasteiger partial charge in [-0.3, -0.25) is 9.52 Å². The summed E-state index contributed by atoms with van der Waals surface area (Å²) in [7, 11) is -3.72. The van der Waals surface area contributed by atoms with E-state index < -0.39 is 16.1 Å². The van der Waals surface area contributed by atoms with E-state index in [2.05, 4.69) is 10.0 Å². The number of aliphatic hydroxyl groups excluding tert-OH is 1. The van der Waals surface area contributed by atoms with Crippen molar-refractivity contribution in [3.8, 4) is 5.75 Å². The zero-order valence-electron chi connectivity index (χ0n) is 18.9. The third-order valence-corrected chi connectivity index (χ3v) is 8.34. The van der Waals surface area contributed by atoms with Gasteiger partial charge < -0.3 is 19.9 Å². The van der Waals surface area contributed by atoms with Crippen LogP contribution in [0, 0.1) is 0 Å². The highest BCUT2D eigenvalue weighted by Gasteiger charge is 2.46. The summed E-state index contributed by atoms with van der Waals surface area (Å²) >= 11 is 0. The first-order chi connectivity index (χ1) is 16.4. The highest BCUT2D eigenvalue weighted by atomic mass is 32.2. The number of fused-ring (bicyclic) bond motifs is 3. The number of sulfonamides is 1. The highest BCUT2D eigenvalue weighted by molar-refractivity contribution is 7.92. The summed E-state index contributed by atoms with van der Waals surface area (Å²) in [4.78, 5) is 12.8. The largest absolute Gasteiger partial charge is 0.487 e. The van der Waals surface area contributed by atoms with Crippen LogP contribution in [-0.2, 0) is 19.6 Å². The molecule has 4 atom stereocenters. The zero-order valence-corrected chi connectivity index (χ0v) is 19.7. The molecule has 0 spiro atoms. The number of nitrogens with one attached hydrogen (secondary N) is 2. The maximum Gasteiger partial charge on any atom is 0.261 e. The smallest absolute Gasteiger partial charge is 0.261 e. The SMILES string of the molecule is O=C(C[C@H]1C[C@H]2c3cc(NS(=O)(=O)c4ccccc4)ccc3O[C@H]2[C@H](CO)O1)NC1CCCC1. The molecule has 0 aromatic heterocycles. The van der Waals surface area contributed by atoms with Crippen molar-refractivity contribution in [2.24, 2.45) is 0 Å². The van der Waals surface area contributed by atoms with Crippen LogP contribution in [0.15, 0.2) is 53.4 Å². The van der Waals surface area contributed by atoms with Gasteiger partial charge in [0.1, 0.15) is 18.0 Å². The lowest BCUT2D eigenvalue weighted by Crippen LogP contribution is -2.47. The maximum atomic E-state index is 12.8. The van der Waals surface area contributed by atoms with E-state index >= 15 is 0 Å². The molecule has 1 aliphatic carbocycles. The molecule has 1 amide bonds. The number of rotatable bonds is 7. The van der Waals surface area contributed by atoms with Gasteiger partial charge in [0.25, 0.3) is 10.0 Å². The van der Waals surface area contributed by atoms with Crippen LogP contribution in [-0.4, -0.2) is 50.4 Å². The normalized spacial score (nSPS) is 26.4. The van der Waals surface area contributed by atoms with Gasteiger partial charge in [-0.05, 0) is 49.6 Å². The minimum Gasteiger partial charge on any atom is -0.487 e. The molecule has 2 aromatic rings. The number of benzene rings is 2. The molecule has 2 heterocycles. The van der Waals surface area contributed by atoms with Gasteiger partial charge >= 0.3 is 0 Å². The molecule has 0 bridgehead atoms. The number of carbonyl (C=O) groups excluding carboxylic acids is 1. The molecule has 9 heteroatoms. The molecule has 5 rings (SSSR count). The van der Waals surface area contributed by atoms with Gasteiger partial charge in [-0.1, -0.05) is 31.0 Å². The Bertz CT molecular complexity index is 1130. The van der Waals surface area contributed by atoms with E-state index in [0.717, 1.165) is 31.2 Å². The molecule has 1 saturated heterocycles. The fraction of sp³-hybridized carbons (Fsp3) is 0.480. The number of amides is 1. The fourth-order valence-corrected chi connectivity index (χ4v) is 6.40. The first-order valence-corrected chi connectivity index (χ1v) is 13.4. The lowest BCUT2D eigenvalue weighted by molar-refractivity contribution is -0.142. The molecule has 1 saturated carbocycles. The van der Waals surface area contributed by atoms with Crippen LogP contribution >= 0.6 is 0 Å². The number of hydrogen-bond acceptors (Lipinski definition) is 6. The molecule has 2 aliphatic heterocycles. The molecule has 0 radical (unpaired) electrons. The molecule has 182 valence electrons. The van der Waals surface area contributed by atoms with Crippen LogP contribution < -0.4 is 14.8 Å². The lowest BCUT2D eigenvalue weighted by Gasteiger charge is -2.37. The Kier molecular flexibility index (Phi) is 6.50. The van der Waals surface area contributed by atoms with Crippen LogP contribution in [0.1, 0.15) is 50.0 Å². The van der Waals surface area contributed by atoms with E-state index in [9.17, 15) is 18.3 Å².